The van der Waals surface area contributed by atoms with Crippen molar-refractivity contribution < 1.29 is 36.2 Å². The number of nitrogens with zero attached hydrogens (tertiary/aromatic N) is 5. The van der Waals surface area contributed by atoms with Crippen LogP contribution < -0.4 is 0 Å². The van der Waals surface area contributed by atoms with Crippen LogP contribution in [0.3, 0.4) is 0 Å². The van der Waals surface area contributed by atoms with Gasteiger partial charge in [-0.15, -0.1) is 0 Å². The Morgan fingerprint density at radius 3 is 2.29 bits per heavy atom. The summed E-state index contributed by atoms with van der Waals surface area (Å²) in [6, 6.07) is 6.65. The maximum atomic E-state index is 14.3. The SMILES string of the molecule is Cc1c(-c2ccc(CO)cc2)nc2c(C(=O)N3[C@H](C)CN(Cc4cc(F)cc(F)c4F)C[C@H]3C)cnn2c1C(F)(F)F. The summed E-state index contributed by atoms with van der Waals surface area (Å²) in [6.45, 7) is 4.83. The van der Waals surface area contributed by atoms with Crippen LogP contribution in [-0.4, -0.2) is 60.6 Å². The van der Waals surface area contributed by atoms with Gasteiger partial charge in [-0.2, -0.15) is 18.3 Å². The van der Waals surface area contributed by atoms with Gasteiger partial charge in [-0.1, -0.05) is 24.3 Å². The van der Waals surface area contributed by atoms with E-state index in [1.165, 1.54) is 11.8 Å². The molecule has 222 valence electrons. The Kier molecular flexibility index (Phi) is 7.75. The van der Waals surface area contributed by atoms with Gasteiger partial charge < -0.3 is 10.0 Å². The van der Waals surface area contributed by atoms with Crippen LogP contribution in [0.15, 0.2) is 42.6 Å². The van der Waals surface area contributed by atoms with Gasteiger partial charge in [0, 0.05) is 54.5 Å². The second kappa shape index (κ2) is 11.0. The molecule has 7 nitrogen and oxygen atoms in total. The summed E-state index contributed by atoms with van der Waals surface area (Å²) in [6.07, 6.45) is -3.75. The van der Waals surface area contributed by atoms with Crippen LogP contribution >= 0.6 is 0 Å². The van der Waals surface area contributed by atoms with Gasteiger partial charge in [0.1, 0.15) is 11.4 Å². The predicted octanol–water partition coefficient (Wildman–Crippen LogP) is 5.37. The molecule has 3 heterocycles. The van der Waals surface area contributed by atoms with E-state index in [9.17, 15) is 36.2 Å². The van der Waals surface area contributed by atoms with E-state index in [1.54, 1.807) is 43.0 Å². The number of halogens is 6. The molecule has 2 aromatic heterocycles. The summed E-state index contributed by atoms with van der Waals surface area (Å²) >= 11 is 0. The van der Waals surface area contributed by atoms with Crippen molar-refractivity contribution in [1.82, 2.24) is 24.4 Å². The molecular formula is C29H27F6N5O2. The molecule has 1 aliphatic rings. The highest BCUT2D eigenvalue weighted by atomic mass is 19.4. The fraction of sp³-hybridized carbons (Fsp3) is 0.345. The molecule has 13 heteroatoms. The molecule has 2 atom stereocenters. The summed E-state index contributed by atoms with van der Waals surface area (Å²) in [5.41, 5.74) is -0.835. The van der Waals surface area contributed by atoms with Crippen molar-refractivity contribution in [2.24, 2.45) is 0 Å². The number of hydrogen-bond acceptors (Lipinski definition) is 5. The Bertz CT molecular complexity index is 1640. The first-order chi connectivity index (χ1) is 19.8. The van der Waals surface area contributed by atoms with Crippen LogP contribution in [0, 0.1) is 24.4 Å². The van der Waals surface area contributed by atoms with Gasteiger partial charge >= 0.3 is 6.18 Å². The van der Waals surface area contributed by atoms with Gasteiger partial charge in [-0.05, 0) is 32.4 Å². The standard InChI is InChI=1S/C29H27F6N5O2/c1-15-11-38(13-20-8-21(30)9-23(31)24(20)32)12-16(2)39(15)28(42)22-10-36-40-26(29(33,34)35)17(3)25(37-27(22)40)19-6-4-18(14-41)5-7-19/h4-10,15-16,41H,11-14H2,1-3H3/t15-,16-/m1/s1. The van der Waals surface area contributed by atoms with Gasteiger partial charge in [-0.25, -0.2) is 22.7 Å². The van der Waals surface area contributed by atoms with Gasteiger partial charge in [0.2, 0.25) is 0 Å². The molecule has 1 saturated heterocycles. The molecule has 42 heavy (non-hydrogen) atoms. The molecule has 5 rings (SSSR count). The molecule has 0 spiro atoms. The number of alkyl halides is 3. The van der Waals surface area contributed by atoms with E-state index in [0.717, 1.165) is 12.3 Å². The highest BCUT2D eigenvalue weighted by Crippen LogP contribution is 2.37. The first-order valence-electron chi connectivity index (χ1n) is 13.1. The van der Waals surface area contributed by atoms with Crippen LogP contribution in [0.5, 0.6) is 0 Å². The lowest BCUT2D eigenvalue weighted by atomic mass is 10.0. The smallest absolute Gasteiger partial charge is 0.392 e. The Balaban J connectivity index is 1.50. The van der Waals surface area contributed by atoms with Gasteiger partial charge in [0.25, 0.3) is 5.91 Å². The molecule has 0 saturated carbocycles. The minimum atomic E-state index is -4.81. The molecule has 4 aromatic rings. The fourth-order valence-electron chi connectivity index (χ4n) is 5.67. The number of rotatable bonds is 5. The molecule has 0 radical (unpaired) electrons. The van der Waals surface area contributed by atoms with Crippen LogP contribution in [-0.2, 0) is 19.3 Å². The summed E-state index contributed by atoms with van der Waals surface area (Å²) in [5.74, 6) is -3.93. The van der Waals surface area contributed by atoms with Gasteiger partial charge in [0.15, 0.2) is 23.0 Å². The fourth-order valence-corrected chi connectivity index (χ4v) is 5.67. The molecule has 1 N–H and O–H groups in total. The van der Waals surface area contributed by atoms with Crippen LogP contribution in [0.2, 0.25) is 0 Å². The minimum absolute atomic E-state index is 0.0177. The highest BCUT2D eigenvalue weighted by molar-refractivity contribution is 6.00. The first kappa shape index (κ1) is 29.5. The Labute approximate surface area is 237 Å². The predicted molar refractivity (Wildman–Crippen MR) is 141 cm³/mol. The molecular weight excluding hydrogens is 564 g/mol. The molecule has 0 aliphatic carbocycles. The third-order valence-electron chi connectivity index (χ3n) is 7.48. The number of aliphatic hydroxyl groups is 1. The molecule has 1 aliphatic heterocycles. The largest absolute Gasteiger partial charge is 0.433 e. The summed E-state index contributed by atoms with van der Waals surface area (Å²) in [4.78, 5) is 21.5. The third kappa shape index (κ3) is 5.34. The quantitative estimate of drug-likeness (QED) is 0.250. The number of benzene rings is 2. The average molecular weight is 592 g/mol. The number of piperazine rings is 1. The van der Waals surface area contributed by atoms with Crippen LogP contribution in [0.25, 0.3) is 16.9 Å². The lowest BCUT2D eigenvalue weighted by Crippen LogP contribution is -2.58. The zero-order valence-electron chi connectivity index (χ0n) is 22.9. The maximum absolute atomic E-state index is 14.3. The Morgan fingerprint density at radius 2 is 1.69 bits per heavy atom. The van der Waals surface area contributed by atoms with Crippen LogP contribution in [0.1, 0.15) is 46.6 Å². The zero-order valence-corrected chi connectivity index (χ0v) is 22.9. The normalized spacial score (nSPS) is 18.2. The molecule has 2 aromatic carbocycles. The molecule has 1 amide bonds. The Morgan fingerprint density at radius 1 is 1.05 bits per heavy atom. The summed E-state index contributed by atoms with van der Waals surface area (Å²) in [7, 11) is 0. The van der Waals surface area contributed by atoms with E-state index >= 15 is 0 Å². The zero-order chi connectivity index (χ0) is 30.5. The van der Waals surface area contributed by atoms with Crippen molar-refractivity contribution in [2.75, 3.05) is 13.1 Å². The summed E-state index contributed by atoms with van der Waals surface area (Å²) < 4.78 is 85.2. The van der Waals surface area contributed by atoms with Crippen molar-refractivity contribution in [3.63, 3.8) is 0 Å². The van der Waals surface area contributed by atoms with Crippen molar-refractivity contribution in [3.8, 4) is 11.3 Å². The molecule has 0 bridgehead atoms. The maximum Gasteiger partial charge on any atom is 0.433 e. The number of hydrogen-bond donors (Lipinski definition) is 1. The summed E-state index contributed by atoms with van der Waals surface area (Å²) in [5, 5.41) is 13.2. The van der Waals surface area contributed by atoms with Crippen molar-refractivity contribution in [1.29, 1.82) is 0 Å². The third-order valence-corrected chi connectivity index (χ3v) is 7.48. The van der Waals surface area contributed by atoms with Crippen molar-refractivity contribution in [3.05, 3.63) is 88.0 Å². The second-order valence-corrected chi connectivity index (χ2v) is 10.5. The van der Waals surface area contributed by atoms with E-state index < -0.39 is 47.3 Å². The number of fused-ring (bicyclic) bond motifs is 1. The topological polar surface area (TPSA) is 74.0 Å². The highest BCUT2D eigenvalue weighted by Gasteiger charge is 2.40. The number of aromatic nitrogens is 3. The number of carbonyl (C=O) groups excluding carboxylic acids is 1. The number of aliphatic hydroxyl groups excluding tert-OH is 1. The van der Waals surface area contributed by atoms with Crippen molar-refractivity contribution in [2.45, 2.75) is 52.2 Å². The van der Waals surface area contributed by atoms with E-state index in [2.05, 4.69) is 10.1 Å². The monoisotopic (exact) mass is 591 g/mol. The minimum Gasteiger partial charge on any atom is -0.392 e. The van der Waals surface area contributed by atoms with Crippen molar-refractivity contribution >= 4 is 11.6 Å². The van der Waals surface area contributed by atoms with Gasteiger partial charge in [-0.3, -0.25) is 9.69 Å². The lowest BCUT2D eigenvalue weighted by Gasteiger charge is -2.44. The van der Waals surface area contributed by atoms with E-state index in [-0.39, 0.29) is 54.3 Å². The van der Waals surface area contributed by atoms with E-state index in [1.807, 2.05) is 0 Å². The Hall–Kier alpha value is -3.97. The molecule has 1 fully saturated rings. The average Bonchev–Trinajstić information content (AvgIpc) is 3.33. The number of carbonyl (C=O) groups is 1. The lowest BCUT2D eigenvalue weighted by molar-refractivity contribution is -0.143. The van der Waals surface area contributed by atoms with E-state index in [4.69, 9.17) is 0 Å². The van der Waals surface area contributed by atoms with E-state index in [0.29, 0.717) is 21.7 Å². The molecule has 0 unspecified atom stereocenters. The number of amides is 1. The van der Waals surface area contributed by atoms with Crippen LogP contribution in [0.4, 0.5) is 26.3 Å². The first-order valence-corrected chi connectivity index (χ1v) is 13.1. The second-order valence-electron chi connectivity index (χ2n) is 10.5. The van der Waals surface area contributed by atoms with Gasteiger partial charge in [0.05, 0.1) is 18.5 Å².